The number of aliphatic hydroxyl groups excluding tert-OH is 1. The molecule has 2 rings (SSSR count). The Morgan fingerprint density at radius 3 is 2.61 bits per heavy atom. The van der Waals surface area contributed by atoms with Gasteiger partial charge in [-0.25, -0.2) is 14.0 Å². The van der Waals surface area contributed by atoms with Crippen LogP contribution in [0.5, 0.6) is 0 Å². The van der Waals surface area contributed by atoms with Gasteiger partial charge in [0.1, 0.15) is 5.82 Å². The van der Waals surface area contributed by atoms with Crippen molar-refractivity contribution in [3.05, 3.63) is 34.9 Å². The normalized spacial score (nSPS) is 14.8. The summed E-state index contributed by atoms with van der Waals surface area (Å²) in [4.78, 5) is 20.6. The number of amides is 1. The third-order valence-electron chi connectivity index (χ3n) is 4.06. The Labute approximate surface area is 190 Å². The number of benzene rings is 1. The van der Waals surface area contributed by atoms with Crippen LogP contribution in [-0.2, 0) is 19.2 Å². The summed E-state index contributed by atoms with van der Waals surface area (Å²) in [6.07, 6.45) is 1.44. The molecule has 0 spiro atoms. The van der Waals surface area contributed by atoms with Crippen molar-refractivity contribution in [1.29, 1.82) is 0 Å². The number of halogens is 1. The summed E-state index contributed by atoms with van der Waals surface area (Å²) in [5, 5.41) is 16.1. The number of aliphatic hydroxyl groups is 1. The molecule has 170 valence electrons. The molecule has 1 aromatic carbocycles. The number of aromatic nitrogens is 2. The standard InChI is InChI=1S/C19H26BrN5O5S/c1-5-30-19(27)25-31(4,28)14-8-6-13(7-9-14)22-18-21-10-15(20)17(24-18)23-16(11-29-3)12(2)26/h6-10,12,16,26H,5,11H2,1-4H3,(H2,21,22,23,24)/t12-,16-,31?/m1/s1. The van der Waals surface area contributed by atoms with Gasteiger partial charge in [-0.3, -0.25) is 0 Å². The van der Waals surface area contributed by atoms with E-state index in [1.165, 1.54) is 6.26 Å². The van der Waals surface area contributed by atoms with Crippen molar-refractivity contribution in [2.75, 3.05) is 37.2 Å². The first kappa shape index (κ1) is 25.0. The second kappa shape index (κ2) is 11.4. The fourth-order valence-corrected chi connectivity index (χ4v) is 3.84. The molecular formula is C19H26BrN5O5S. The zero-order valence-electron chi connectivity index (χ0n) is 17.7. The summed E-state index contributed by atoms with van der Waals surface area (Å²) in [7, 11) is -1.37. The van der Waals surface area contributed by atoms with Gasteiger partial charge < -0.3 is 25.2 Å². The van der Waals surface area contributed by atoms with Crippen LogP contribution < -0.4 is 10.6 Å². The Kier molecular flexibility index (Phi) is 9.16. The number of anilines is 3. The van der Waals surface area contributed by atoms with Gasteiger partial charge in [0, 0.05) is 30.1 Å². The van der Waals surface area contributed by atoms with Gasteiger partial charge in [-0.15, -0.1) is 4.36 Å². The van der Waals surface area contributed by atoms with Crippen molar-refractivity contribution in [3.63, 3.8) is 0 Å². The lowest BCUT2D eigenvalue weighted by Gasteiger charge is -2.22. The molecule has 0 saturated heterocycles. The minimum absolute atomic E-state index is 0.161. The van der Waals surface area contributed by atoms with Crippen molar-refractivity contribution >= 4 is 49.2 Å². The van der Waals surface area contributed by atoms with Crippen molar-refractivity contribution in [2.24, 2.45) is 4.36 Å². The lowest BCUT2D eigenvalue weighted by Crippen LogP contribution is -2.36. The summed E-state index contributed by atoms with van der Waals surface area (Å²) in [6, 6.07) is 6.22. The van der Waals surface area contributed by atoms with Crippen molar-refractivity contribution in [3.8, 4) is 0 Å². The number of nitrogens with one attached hydrogen (secondary N) is 2. The largest absolute Gasteiger partial charge is 0.448 e. The van der Waals surface area contributed by atoms with E-state index >= 15 is 0 Å². The number of hydrogen-bond acceptors (Lipinski definition) is 9. The zero-order valence-corrected chi connectivity index (χ0v) is 20.1. The molecule has 3 N–H and O–H groups in total. The van der Waals surface area contributed by atoms with E-state index in [0.717, 1.165) is 0 Å². The highest BCUT2D eigenvalue weighted by Crippen LogP contribution is 2.24. The molecule has 2 aromatic rings. The average molecular weight is 516 g/mol. The number of hydrogen-bond donors (Lipinski definition) is 3. The molecule has 1 aromatic heterocycles. The van der Waals surface area contributed by atoms with Gasteiger partial charge in [0.2, 0.25) is 5.95 Å². The van der Waals surface area contributed by atoms with Crippen LogP contribution in [-0.4, -0.2) is 64.1 Å². The Hall–Kier alpha value is -2.28. The van der Waals surface area contributed by atoms with Crippen molar-refractivity contribution < 1.29 is 23.6 Å². The Morgan fingerprint density at radius 2 is 2.03 bits per heavy atom. The fourth-order valence-electron chi connectivity index (χ4n) is 2.45. The molecule has 0 aliphatic carbocycles. The van der Waals surface area contributed by atoms with E-state index in [1.807, 2.05) is 0 Å². The van der Waals surface area contributed by atoms with Crippen LogP contribution in [0.15, 0.2) is 44.2 Å². The average Bonchev–Trinajstić information content (AvgIpc) is 2.70. The van der Waals surface area contributed by atoms with Gasteiger partial charge in [-0.05, 0) is 54.0 Å². The maximum Gasteiger partial charge on any atom is 0.442 e. The molecule has 3 atom stereocenters. The van der Waals surface area contributed by atoms with Crippen LogP contribution in [0.2, 0.25) is 0 Å². The SMILES string of the molecule is CCOC(=O)N=S(C)(=O)c1ccc(Nc2ncc(Br)c(N[C@H](COC)[C@@H](C)O)n2)cc1. The van der Waals surface area contributed by atoms with E-state index in [2.05, 4.69) is 40.9 Å². The molecule has 0 radical (unpaired) electrons. The Balaban J connectivity index is 2.18. The van der Waals surface area contributed by atoms with Crippen LogP contribution in [0.1, 0.15) is 13.8 Å². The molecule has 12 heteroatoms. The first-order valence-electron chi connectivity index (χ1n) is 9.38. The molecule has 0 saturated carbocycles. The van der Waals surface area contributed by atoms with Crippen LogP contribution in [0.25, 0.3) is 0 Å². The van der Waals surface area contributed by atoms with E-state index in [4.69, 9.17) is 9.47 Å². The molecule has 10 nitrogen and oxygen atoms in total. The van der Waals surface area contributed by atoms with Crippen LogP contribution in [0.4, 0.5) is 22.2 Å². The molecule has 31 heavy (non-hydrogen) atoms. The number of nitrogens with zero attached hydrogens (tertiary/aromatic N) is 3. The molecule has 0 fully saturated rings. The summed E-state index contributed by atoms with van der Waals surface area (Å²) in [5.74, 6) is 0.801. The van der Waals surface area contributed by atoms with Gasteiger partial charge in [0.05, 0.1) is 39.6 Å². The minimum Gasteiger partial charge on any atom is -0.448 e. The highest BCUT2D eigenvalue weighted by molar-refractivity contribution is 9.10. The van der Waals surface area contributed by atoms with Gasteiger partial charge in [-0.2, -0.15) is 4.98 Å². The highest BCUT2D eigenvalue weighted by Gasteiger charge is 2.17. The molecule has 1 unspecified atom stereocenters. The highest BCUT2D eigenvalue weighted by atomic mass is 79.9. The van der Waals surface area contributed by atoms with Gasteiger partial charge in [0.25, 0.3) is 0 Å². The molecule has 1 amide bonds. The van der Waals surface area contributed by atoms with Crippen molar-refractivity contribution in [1.82, 2.24) is 9.97 Å². The first-order chi connectivity index (χ1) is 14.7. The predicted molar refractivity (Wildman–Crippen MR) is 122 cm³/mol. The first-order valence-corrected chi connectivity index (χ1v) is 12.1. The monoisotopic (exact) mass is 515 g/mol. The zero-order chi connectivity index (χ0) is 23.0. The number of ether oxygens (including phenoxy) is 2. The van der Waals surface area contributed by atoms with E-state index in [0.29, 0.717) is 33.4 Å². The lowest BCUT2D eigenvalue weighted by molar-refractivity contribution is 0.106. The smallest absolute Gasteiger partial charge is 0.442 e. The number of methoxy groups -OCH3 is 1. The van der Waals surface area contributed by atoms with Gasteiger partial charge in [0.15, 0.2) is 0 Å². The fraction of sp³-hybridized carbons (Fsp3) is 0.421. The van der Waals surface area contributed by atoms with Crippen molar-refractivity contribution in [2.45, 2.75) is 30.9 Å². The van der Waals surface area contributed by atoms with E-state index in [1.54, 1.807) is 51.4 Å². The maximum atomic E-state index is 12.7. The minimum atomic E-state index is -2.92. The number of rotatable bonds is 9. The maximum absolute atomic E-state index is 12.7. The van der Waals surface area contributed by atoms with E-state index in [9.17, 15) is 14.1 Å². The summed E-state index contributed by atoms with van der Waals surface area (Å²) < 4.78 is 26.8. The summed E-state index contributed by atoms with van der Waals surface area (Å²) >= 11 is 3.39. The molecule has 0 aliphatic rings. The van der Waals surface area contributed by atoms with Crippen LogP contribution in [0.3, 0.4) is 0 Å². The third kappa shape index (κ3) is 7.42. The molecule has 1 heterocycles. The van der Waals surface area contributed by atoms with E-state index < -0.39 is 21.9 Å². The third-order valence-corrected chi connectivity index (χ3v) is 6.28. The van der Waals surface area contributed by atoms with E-state index in [-0.39, 0.29) is 12.6 Å². The predicted octanol–water partition coefficient (Wildman–Crippen LogP) is 3.40. The lowest BCUT2D eigenvalue weighted by atomic mass is 10.2. The quantitative estimate of drug-likeness (QED) is 0.458. The number of carbonyl (C=O) groups excluding carboxylic acids is 1. The van der Waals surface area contributed by atoms with Gasteiger partial charge >= 0.3 is 6.09 Å². The second-order valence-electron chi connectivity index (χ2n) is 6.58. The number of carbonyl (C=O) groups is 1. The van der Waals surface area contributed by atoms with Crippen LogP contribution >= 0.6 is 15.9 Å². The van der Waals surface area contributed by atoms with Gasteiger partial charge in [-0.1, -0.05) is 0 Å². The Bertz CT molecular complexity index is 1010. The topological polar surface area (TPSA) is 135 Å². The Morgan fingerprint density at radius 1 is 1.35 bits per heavy atom. The summed E-state index contributed by atoms with van der Waals surface area (Å²) in [5.41, 5.74) is 0.646. The molecular weight excluding hydrogens is 490 g/mol. The molecule has 0 aliphatic heterocycles. The second-order valence-corrected chi connectivity index (χ2v) is 9.69. The summed E-state index contributed by atoms with van der Waals surface area (Å²) in [6.45, 7) is 3.77. The van der Waals surface area contributed by atoms with Crippen LogP contribution in [0, 0.1) is 0 Å². The molecule has 0 bridgehead atoms.